The molecule has 0 heterocycles. The second-order valence-electron chi connectivity index (χ2n) is 6.01. The number of hydrogen-bond acceptors (Lipinski definition) is 3. The Morgan fingerprint density at radius 1 is 1.00 bits per heavy atom. The van der Waals surface area contributed by atoms with Crippen molar-refractivity contribution in [3.63, 3.8) is 0 Å². The molecule has 0 saturated heterocycles. The van der Waals surface area contributed by atoms with E-state index in [9.17, 15) is 4.79 Å². The summed E-state index contributed by atoms with van der Waals surface area (Å²) in [6, 6.07) is 19.2. The van der Waals surface area contributed by atoms with Crippen molar-refractivity contribution < 1.29 is 14.3 Å². The predicted octanol–water partition coefficient (Wildman–Crippen LogP) is 3.18. The van der Waals surface area contributed by atoms with Crippen LogP contribution in [0.25, 0.3) is 0 Å². The Kier molecular flexibility index (Phi) is 6.18. The first-order chi connectivity index (χ1) is 11.1. The molecule has 0 aliphatic rings. The number of carbonyl (C=O) groups is 1. The highest BCUT2D eigenvalue weighted by atomic mass is 16.5. The summed E-state index contributed by atoms with van der Waals surface area (Å²) in [5.74, 6) is 0.517. The normalized spacial score (nSPS) is 11.0. The van der Waals surface area contributed by atoms with Crippen LogP contribution >= 0.6 is 0 Å². The van der Waals surface area contributed by atoms with Crippen LogP contribution in [-0.4, -0.2) is 24.7 Å². The summed E-state index contributed by atoms with van der Waals surface area (Å²) < 4.78 is 11.1. The first-order valence-corrected chi connectivity index (χ1v) is 7.66. The summed E-state index contributed by atoms with van der Waals surface area (Å²) in [6.07, 6.45) is 0. The van der Waals surface area contributed by atoms with Crippen molar-refractivity contribution in [2.45, 2.75) is 26.0 Å². The van der Waals surface area contributed by atoms with E-state index in [1.807, 2.05) is 74.5 Å². The lowest BCUT2D eigenvalue weighted by Gasteiger charge is -2.26. The van der Waals surface area contributed by atoms with Crippen LogP contribution in [0.3, 0.4) is 0 Å². The van der Waals surface area contributed by atoms with Gasteiger partial charge in [0.15, 0.2) is 6.61 Å². The zero-order chi connectivity index (χ0) is 16.5. The van der Waals surface area contributed by atoms with E-state index < -0.39 is 5.54 Å². The molecule has 23 heavy (non-hydrogen) atoms. The third kappa shape index (κ3) is 6.53. The molecule has 1 amide bonds. The highest BCUT2D eigenvalue weighted by Gasteiger charge is 2.21. The van der Waals surface area contributed by atoms with E-state index in [2.05, 4.69) is 5.32 Å². The molecule has 4 nitrogen and oxygen atoms in total. The van der Waals surface area contributed by atoms with Gasteiger partial charge >= 0.3 is 0 Å². The quantitative estimate of drug-likeness (QED) is 0.814. The number of benzene rings is 2. The van der Waals surface area contributed by atoms with Crippen LogP contribution in [-0.2, 0) is 16.1 Å². The molecule has 0 bridgehead atoms. The van der Waals surface area contributed by atoms with E-state index in [1.165, 1.54) is 0 Å². The van der Waals surface area contributed by atoms with E-state index in [4.69, 9.17) is 9.47 Å². The molecule has 4 heteroatoms. The molecule has 0 aromatic heterocycles. The fraction of sp³-hybridized carbons (Fsp3) is 0.316. The minimum atomic E-state index is -0.452. The third-order valence-corrected chi connectivity index (χ3v) is 3.17. The van der Waals surface area contributed by atoms with Crippen LogP contribution < -0.4 is 10.1 Å². The first-order valence-electron chi connectivity index (χ1n) is 7.66. The van der Waals surface area contributed by atoms with Crippen molar-refractivity contribution >= 4 is 5.91 Å². The van der Waals surface area contributed by atoms with E-state index in [0.717, 1.165) is 5.56 Å². The first kappa shape index (κ1) is 17.0. The van der Waals surface area contributed by atoms with Gasteiger partial charge in [-0.15, -0.1) is 0 Å². The zero-order valence-electron chi connectivity index (χ0n) is 13.6. The second-order valence-corrected chi connectivity index (χ2v) is 6.01. The molecule has 1 N–H and O–H groups in total. The summed E-state index contributed by atoms with van der Waals surface area (Å²) in [5.41, 5.74) is 0.661. The highest BCUT2D eigenvalue weighted by molar-refractivity contribution is 5.78. The second kappa shape index (κ2) is 8.34. The van der Waals surface area contributed by atoms with E-state index >= 15 is 0 Å². The van der Waals surface area contributed by atoms with Crippen molar-refractivity contribution in [2.75, 3.05) is 13.2 Å². The molecule has 2 aromatic rings. The van der Waals surface area contributed by atoms with Crippen LogP contribution in [0.15, 0.2) is 60.7 Å². The minimum Gasteiger partial charge on any atom is -0.484 e. The Morgan fingerprint density at radius 3 is 2.26 bits per heavy atom. The lowest BCUT2D eigenvalue weighted by Crippen LogP contribution is -2.48. The van der Waals surface area contributed by atoms with Crippen LogP contribution in [0.1, 0.15) is 19.4 Å². The smallest absolute Gasteiger partial charge is 0.258 e. The van der Waals surface area contributed by atoms with Gasteiger partial charge in [-0.3, -0.25) is 4.79 Å². The van der Waals surface area contributed by atoms with Crippen LogP contribution in [0.2, 0.25) is 0 Å². The van der Waals surface area contributed by atoms with Gasteiger partial charge in [0.1, 0.15) is 5.75 Å². The number of carbonyl (C=O) groups excluding carboxylic acids is 1. The number of hydrogen-bond donors (Lipinski definition) is 1. The topological polar surface area (TPSA) is 47.6 Å². The SMILES string of the molecule is CC(C)(COCc1ccccc1)NC(=O)COc1ccccc1. The summed E-state index contributed by atoms with van der Waals surface area (Å²) in [5, 5.41) is 2.92. The monoisotopic (exact) mass is 313 g/mol. The fourth-order valence-electron chi connectivity index (χ4n) is 2.11. The Morgan fingerprint density at radius 2 is 1.61 bits per heavy atom. The average molecular weight is 313 g/mol. The van der Waals surface area contributed by atoms with Gasteiger partial charge < -0.3 is 14.8 Å². The average Bonchev–Trinajstić information content (AvgIpc) is 2.54. The minimum absolute atomic E-state index is 0.00781. The van der Waals surface area contributed by atoms with Gasteiger partial charge in [-0.05, 0) is 31.5 Å². The van der Waals surface area contributed by atoms with Gasteiger partial charge in [0.05, 0.1) is 18.8 Å². The van der Waals surface area contributed by atoms with Crippen molar-refractivity contribution in [1.29, 1.82) is 0 Å². The molecule has 0 spiro atoms. The van der Waals surface area contributed by atoms with Gasteiger partial charge in [-0.25, -0.2) is 0 Å². The lowest BCUT2D eigenvalue weighted by atomic mass is 10.1. The number of para-hydroxylation sites is 1. The molecular formula is C19H23NO3. The zero-order valence-corrected chi connectivity index (χ0v) is 13.6. The van der Waals surface area contributed by atoms with E-state index in [-0.39, 0.29) is 12.5 Å². The Hall–Kier alpha value is -2.33. The molecular weight excluding hydrogens is 290 g/mol. The van der Waals surface area contributed by atoms with Gasteiger partial charge in [-0.2, -0.15) is 0 Å². The molecule has 0 saturated carbocycles. The Balaban J connectivity index is 1.70. The molecule has 0 aliphatic carbocycles. The van der Waals surface area contributed by atoms with Gasteiger partial charge in [-0.1, -0.05) is 48.5 Å². The summed E-state index contributed by atoms with van der Waals surface area (Å²) in [4.78, 5) is 12.0. The lowest BCUT2D eigenvalue weighted by molar-refractivity contribution is -0.125. The number of amides is 1. The van der Waals surface area contributed by atoms with Gasteiger partial charge in [0.2, 0.25) is 0 Å². The molecule has 122 valence electrons. The van der Waals surface area contributed by atoms with Crippen molar-refractivity contribution in [1.82, 2.24) is 5.32 Å². The Bertz CT molecular complexity index is 597. The summed E-state index contributed by atoms with van der Waals surface area (Å²) >= 11 is 0. The largest absolute Gasteiger partial charge is 0.484 e. The molecule has 2 aromatic carbocycles. The van der Waals surface area contributed by atoms with E-state index in [1.54, 1.807) is 0 Å². The van der Waals surface area contributed by atoms with Crippen LogP contribution in [0, 0.1) is 0 Å². The molecule has 0 radical (unpaired) electrons. The predicted molar refractivity (Wildman–Crippen MR) is 90.3 cm³/mol. The van der Waals surface area contributed by atoms with Gasteiger partial charge in [0.25, 0.3) is 5.91 Å². The molecule has 0 fully saturated rings. The standard InChI is InChI=1S/C19H23NO3/c1-19(2,15-22-13-16-9-5-3-6-10-16)20-18(21)14-23-17-11-7-4-8-12-17/h3-12H,13-15H2,1-2H3,(H,20,21). The number of rotatable bonds is 8. The van der Waals surface area contributed by atoms with Crippen molar-refractivity contribution in [3.05, 3.63) is 66.2 Å². The Labute approximate surface area is 137 Å². The summed E-state index contributed by atoms with van der Waals surface area (Å²) in [6.45, 7) is 4.81. The van der Waals surface area contributed by atoms with Gasteiger partial charge in [0, 0.05) is 0 Å². The maximum atomic E-state index is 12.0. The number of ether oxygens (including phenoxy) is 2. The number of nitrogens with one attached hydrogen (secondary N) is 1. The fourth-order valence-corrected chi connectivity index (χ4v) is 2.11. The maximum Gasteiger partial charge on any atom is 0.258 e. The molecule has 0 atom stereocenters. The molecule has 2 rings (SSSR count). The highest BCUT2D eigenvalue weighted by Crippen LogP contribution is 2.09. The van der Waals surface area contributed by atoms with Crippen molar-refractivity contribution in [3.8, 4) is 5.75 Å². The van der Waals surface area contributed by atoms with E-state index in [0.29, 0.717) is 19.0 Å². The van der Waals surface area contributed by atoms with Crippen LogP contribution in [0.4, 0.5) is 0 Å². The molecule has 0 aliphatic heterocycles. The third-order valence-electron chi connectivity index (χ3n) is 3.17. The summed E-state index contributed by atoms with van der Waals surface area (Å²) in [7, 11) is 0. The van der Waals surface area contributed by atoms with Crippen LogP contribution in [0.5, 0.6) is 5.75 Å². The van der Waals surface area contributed by atoms with Crippen molar-refractivity contribution in [2.24, 2.45) is 0 Å². The molecule has 0 unspecified atom stereocenters. The maximum absolute atomic E-state index is 12.0.